The number of thiazole rings is 1. The smallest absolute Gasteiger partial charge is 0.323 e. The van der Waals surface area contributed by atoms with Gasteiger partial charge in [-0.2, -0.15) is 5.10 Å². The van der Waals surface area contributed by atoms with Crippen molar-refractivity contribution in [1.82, 2.24) is 19.7 Å². The molecular formula is C18H23N5O2S. The molecule has 2 fully saturated rings. The summed E-state index contributed by atoms with van der Waals surface area (Å²) < 4.78 is 1.62. The fraction of sp³-hybridized carbons (Fsp3) is 0.556. The lowest BCUT2D eigenvalue weighted by Crippen LogP contribution is -2.42. The first-order chi connectivity index (χ1) is 12.6. The third kappa shape index (κ3) is 3.95. The molecule has 2 aliphatic rings. The van der Waals surface area contributed by atoms with E-state index in [0.717, 1.165) is 23.4 Å². The number of nitrogens with one attached hydrogen (secondary N) is 1. The maximum Gasteiger partial charge on any atom is 0.323 e. The molecule has 8 heteroatoms. The normalized spacial score (nSPS) is 18.1. The Morgan fingerprint density at radius 3 is 2.69 bits per heavy atom. The van der Waals surface area contributed by atoms with E-state index in [1.54, 1.807) is 16.9 Å². The van der Waals surface area contributed by atoms with Crippen LogP contribution in [-0.4, -0.2) is 38.8 Å². The van der Waals surface area contributed by atoms with Crippen LogP contribution in [0.4, 0.5) is 9.93 Å². The van der Waals surface area contributed by atoms with Gasteiger partial charge >= 0.3 is 6.03 Å². The molecule has 3 heterocycles. The fourth-order valence-corrected chi connectivity index (χ4v) is 3.99. The number of urea groups is 1. The van der Waals surface area contributed by atoms with Crippen molar-refractivity contribution >= 4 is 22.5 Å². The van der Waals surface area contributed by atoms with Gasteiger partial charge in [0.05, 0.1) is 5.69 Å². The van der Waals surface area contributed by atoms with E-state index in [-0.39, 0.29) is 11.6 Å². The standard InChI is InChI=1S/C18H23N5O2S/c1-12-10-19-17(26-12)20-18(25)22-8-6-13(7-9-22)11-23-16(24)5-4-15(21-23)14-2-3-14/h4-5,10,13-14H,2-3,6-9,11H2,1H3,(H,19,20,25). The second kappa shape index (κ2) is 7.19. The van der Waals surface area contributed by atoms with Crippen molar-refractivity contribution in [3.8, 4) is 0 Å². The first-order valence-corrected chi connectivity index (χ1v) is 9.96. The van der Waals surface area contributed by atoms with Crippen LogP contribution in [0.1, 0.15) is 42.2 Å². The van der Waals surface area contributed by atoms with Crippen molar-refractivity contribution in [2.75, 3.05) is 18.4 Å². The number of amides is 2. The molecule has 0 atom stereocenters. The molecule has 7 nitrogen and oxygen atoms in total. The summed E-state index contributed by atoms with van der Waals surface area (Å²) in [6.45, 7) is 3.99. The van der Waals surface area contributed by atoms with Crippen molar-refractivity contribution in [3.05, 3.63) is 39.3 Å². The number of nitrogens with zero attached hydrogens (tertiary/aromatic N) is 4. The van der Waals surface area contributed by atoms with Crippen LogP contribution < -0.4 is 10.9 Å². The number of aryl methyl sites for hydroxylation is 1. The lowest BCUT2D eigenvalue weighted by Gasteiger charge is -2.31. The molecule has 0 aromatic carbocycles. The van der Waals surface area contributed by atoms with Crippen LogP contribution in [0, 0.1) is 12.8 Å². The molecule has 1 saturated heterocycles. The molecule has 138 valence electrons. The minimum Gasteiger partial charge on any atom is -0.324 e. The Hall–Kier alpha value is -2.22. The fourth-order valence-electron chi connectivity index (χ4n) is 3.34. The SMILES string of the molecule is Cc1cnc(NC(=O)N2CCC(Cn3nc(C4CC4)ccc3=O)CC2)s1. The number of hydrogen-bond acceptors (Lipinski definition) is 5. The van der Waals surface area contributed by atoms with Crippen LogP contribution in [0.15, 0.2) is 23.1 Å². The van der Waals surface area contributed by atoms with E-state index in [9.17, 15) is 9.59 Å². The largest absolute Gasteiger partial charge is 0.324 e. The molecule has 0 unspecified atom stereocenters. The molecule has 0 radical (unpaired) electrons. The summed E-state index contributed by atoms with van der Waals surface area (Å²) in [6.07, 6.45) is 5.87. The van der Waals surface area contributed by atoms with Crippen LogP contribution in [-0.2, 0) is 6.54 Å². The molecule has 4 rings (SSSR count). The second-order valence-corrected chi connectivity index (χ2v) is 8.42. The predicted molar refractivity (Wildman–Crippen MR) is 101 cm³/mol. The Morgan fingerprint density at radius 1 is 1.27 bits per heavy atom. The van der Waals surface area contributed by atoms with Crippen LogP contribution in [0.2, 0.25) is 0 Å². The molecule has 2 aromatic heterocycles. The molecular weight excluding hydrogens is 350 g/mol. The molecule has 1 N–H and O–H groups in total. The quantitative estimate of drug-likeness (QED) is 0.894. The molecule has 2 amide bonds. The number of piperidine rings is 1. The van der Waals surface area contributed by atoms with Gasteiger partial charge in [-0.3, -0.25) is 10.1 Å². The number of aromatic nitrogens is 3. The first-order valence-electron chi connectivity index (χ1n) is 9.15. The van der Waals surface area contributed by atoms with E-state index < -0.39 is 0 Å². The first kappa shape index (κ1) is 17.2. The minimum atomic E-state index is -0.0937. The molecule has 1 aliphatic carbocycles. The number of carbonyl (C=O) groups is 1. The molecule has 2 aromatic rings. The third-order valence-electron chi connectivity index (χ3n) is 5.05. The van der Waals surface area contributed by atoms with E-state index in [4.69, 9.17) is 0 Å². The predicted octanol–water partition coefficient (Wildman–Crippen LogP) is 2.83. The van der Waals surface area contributed by atoms with E-state index in [0.29, 0.717) is 36.6 Å². The lowest BCUT2D eigenvalue weighted by molar-refractivity contribution is 0.174. The zero-order valence-corrected chi connectivity index (χ0v) is 15.7. The van der Waals surface area contributed by atoms with Gasteiger partial charge in [-0.1, -0.05) is 0 Å². The average molecular weight is 373 g/mol. The number of rotatable bonds is 4. The van der Waals surface area contributed by atoms with Gasteiger partial charge in [0.1, 0.15) is 0 Å². The van der Waals surface area contributed by atoms with Crippen molar-refractivity contribution in [1.29, 1.82) is 0 Å². The van der Waals surface area contributed by atoms with Crippen LogP contribution in [0.3, 0.4) is 0 Å². The topological polar surface area (TPSA) is 80.1 Å². The molecule has 0 spiro atoms. The monoisotopic (exact) mass is 373 g/mol. The maximum absolute atomic E-state index is 12.3. The van der Waals surface area contributed by atoms with Gasteiger partial charge < -0.3 is 4.90 Å². The van der Waals surface area contributed by atoms with E-state index >= 15 is 0 Å². The zero-order chi connectivity index (χ0) is 18.1. The summed E-state index contributed by atoms with van der Waals surface area (Å²) in [7, 11) is 0. The Labute approximate surface area is 156 Å². The van der Waals surface area contributed by atoms with Gasteiger partial charge in [0.25, 0.3) is 5.56 Å². The highest BCUT2D eigenvalue weighted by molar-refractivity contribution is 7.15. The van der Waals surface area contributed by atoms with Gasteiger partial charge in [0, 0.05) is 42.7 Å². The van der Waals surface area contributed by atoms with Crippen molar-refractivity contribution in [3.63, 3.8) is 0 Å². The zero-order valence-electron chi connectivity index (χ0n) is 14.9. The highest BCUT2D eigenvalue weighted by Crippen LogP contribution is 2.38. The molecule has 1 aliphatic heterocycles. The summed E-state index contributed by atoms with van der Waals surface area (Å²) in [4.78, 5) is 31.5. The molecule has 26 heavy (non-hydrogen) atoms. The summed E-state index contributed by atoms with van der Waals surface area (Å²) in [5.41, 5.74) is 1.01. The summed E-state index contributed by atoms with van der Waals surface area (Å²) in [5, 5.41) is 8.05. The van der Waals surface area contributed by atoms with Crippen molar-refractivity contribution < 1.29 is 4.79 Å². The van der Waals surface area contributed by atoms with Gasteiger partial charge in [0.2, 0.25) is 0 Å². The van der Waals surface area contributed by atoms with E-state index in [2.05, 4.69) is 15.4 Å². The maximum atomic E-state index is 12.3. The highest BCUT2D eigenvalue weighted by Gasteiger charge is 2.27. The van der Waals surface area contributed by atoms with E-state index in [1.807, 2.05) is 17.9 Å². The molecule has 0 bridgehead atoms. The second-order valence-electron chi connectivity index (χ2n) is 7.19. The van der Waals surface area contributed by atoms with Crippen molar-refractivity contribution in [2.45, 2.75) is 45.1 Å². The summed E-state index contributed by atoms with van der Waals surface area (Å²) >= 11 is 1.48. The number of anilines is 1. The van der Waals surface area contributed by atoms with Crippen molar-refractivity contribution in [2.24, 2.45) is 5.92 Å². The Morgan fingerprint density at radius 2 is 2.04 bits per heavy atom. The molecule has 1 saturated carbocycles. The Kier molecular flexibility index (Phi) is 4.76. The number of likely N-dealkylation sites (tertiary alicyclic amines) is 1. The Bertz CT molecular complexity index is 849. The van der Waals surface area contributed by atoms with Gasteiger partial charge in [0.15, 0.2) is 5.13 Å². The Balaban J connectivity index is 1.31. The van der Waals surface area contributed by atoms with Gasteiger partial charge in [-0.25, -0.2) is 14.5 Å². The summed E-state index contributed by atoms with van der Waals surface area (Å²) in [6, 6.07) is 3.41. The highest BCUT2D eigenvalue weighted by atomic mass is 32.1. The number of hydrogen-bond donors (Lipinski definition) is 1. The van der Waals surface area contributed by atoms with E-state index in [1.165, 1.54) is 24.2 Å². The lowest BCUT2D eigenvalue weighted by atomic mass is 9.97. The number of carbonyl (C=O) groups excluding carboxylic acids is 1. The van der Waals surface area contributed by atoms with Crippen LogP contribution >= 0.6 is 11.3 Å². The van der Waals surface area contributed by atoms with Crippen LogP contribution in [0.5, 0.6) is 0 Å². The van der Waals surface area contributed by atoms with Crippen LogP contribution in [0.25, 0.3) is 0 Å². The average Bonchev–Trinajstić information content (AvgIpc) is 3.40. The minimum absolute atomic E-state index is 0.0336. The summed E-state index contributed by atoms with van der Waals surface area (Å²) in [5.74, 6) is 0.919. The van der Waals surface area contributed by atoms with Gasteiger partial charge in [-0.05, 0) is 44.6 Å². The van der Waals surface area contributed by atoms with Gasteiger partial charge in [-0.15, -0.1) is 11.3 Å². The third-order valence-corrected chi connectivity index (χ3v) is 5.88.